The Hall–Kier alpha value is -0.570. The molecule has 0 heterocycles. The number of thiol groups is 1. The second-order valence-corrected chi connectivity index (χ2v) is 2.55. The fourth-order valence-corrected chi connectivity index (χ4v) is 0.911. The van der Waals surface area contributed by atoms with E-state index in [9.17, 15) is 9.59 Å². The lowest BCUT2D eigenvalue weighted by Gasteiger charge is -2.07. The lowest BCUT2D eigenvalue weighted by atomic mass is 10.1. The van der Waals surface area contributed by atoms with Crippen molar-refractivity contribution in [3.05, 3.63) is 12.2 Å². The number of hydrogen-bond donors (Lipinski definition) is 1. The monoisotopic (exact) mass is 142 g/mol. The van der Waals surface area contributed by atoms with Crippen LogP contribution in [-0.4, -0.2) is 16.8 Å². The van der Waals surface area contributed by atoms with E-state index in [4.69, 9.17) is 0 Å². The van der Waals surface area contributed by atoms with Gasteiger partial charge in [0, 0.05) is 6.42 Å². The lowest BCUT2D eigenvalue weighted by Crippen LogP contribution is -2.20. The fourth-order valence-electron chi connectivity index (χ4n) is 0.645. The van der Waals surface area contributed by atoms with Crippen LogP contribution in [-0.2, 0) is 9.59 Å². The van der Waals surface area contributed by atoms with Crippen LogP contribution in [0.1, 0.15) is 6.42 Å². The van der Waals surface area contributed by atoms with Crippen LogP contribution in [0.15, 0.2) is 12.2 Å². The van der Waals surface area contributed by atoms with Crippen molar-refractivity contribution in [2.45, 2.75) is 11.7 Å². The molecule has 48 valence electrons. The molecule has 0 saturated heterocycles. The SMILES string of the molecule is O=C1C=CC(=O)C(S)C1. The third-order valence-corrected chi connectivity index (χ3v) is 1.59. The zero-order valence-electron chi connectivity index (χ0n) is 4.70. The molecular formula is C6H6O2S. The Bertz CT molecular complexity index is 183. The van der Waals surface area contributed by atoms with Crippen molar-refractivity contribution >= 4 is 24.2 Å². The number of ketones is 2. The second kappa shape index (κ2) is 2.35. The van der Waals surface area contributed by atoms with Gasteiger partial charge in [-0.05, 0) is 12.2 Å². The molecule has 0 saturated carbocycles. The molecule has 0 spiro atoms. The highest BCUT2D eigenvalue weighted by Gasteiger charge is 2.18. The van der Waals surface area contributed by atoms with Gasteiger partial charge in [0.2, 0.25) is 0 Å². The Morgan fingerprint density at radius 3 is 2.56 bits per heavy atom. The largest absolute Gasteiger partial charge is 0.295 e. The number of hydrogen-bond acceptors (Lipinski definition) is 3. The van der Waals surface area contributed by atoms with E-state index in [0.717, 1.165) is 0 Å². The van der Waals surface area contributed by atoms with Crippen LogP contribution in [0.25, 0.3) is 0 Å². The summed E-state index contributed by atoms with van der Waals surface area (Å²) in [5.74, 6) is -0.0902. The summed E-state index contributed by atoms with van der Waals surface area (Å²) in [5.41, 5.74) is 0. The van der Waals surface area contributed by atoms with Gasteiger partial charge in [-0.1, -0.05) is 0 Å². The summed E-state index contributed by atoms with van der Waals surface area (Å²) < 4.78 is 0. The maximum atomic E-state index is 10.6. The quantitative estimate of drug-likeness (QED) is 0.496. The molecular weight excluding hydrogens is 136 g/mol. The maximum absolute atomic E-state index is 10.6. The van der Waals surface area contributed by atoms with E-state index >= 15 is 0 Å². The van der Waals surface area contributed by atoms with E-state index in [1.165, 1.54) is 12.2 Å². The summed E-state index contributed by atoms with van der Waals surface area (Å²) in [4.78, 5) is 21.2. The molecule has 2 nitrogen and oxygen atoms in total. The van der Waals surface area contributed by atoms with Gasteiger partial charge in [-0.2, -0.15) is 12.6 Å². The molecule has 0 radical (unpaired) electrons. The van der Waals surface area contributed by atoms with Crippen LogP contribution in [0.4, 0.5) is 0 Å². The molecule has 0 N–H and O–H groups in total. The number of carbonyl (C=O) groups is 2. The molecule has 0 bridgehead atoms. The van der Waals surface area contributed by atoms with Crippen molar-refractivity contribution in [1.82, 2.24) is 0 Å². The molecule has 0 amide bonds. The van der Waals surface area contributed by atoms with Crippen LogP contribution in [0.2, 0.25) is 0 Å². The van der Waals surface area contributed by atoms with Crippen LogP contribution >= 0.6 is 12.6 Å². The summed E-state index contributed by atoms with van der Waals surface area (Å²) in [7, 11) is 0. The minimum absolute atomic E-state index is 0.0189. The van der Waals surface area contributed by atoms with Gasteiger partial charge in [-0.15, -0.1) is 0 Å². The lowest BCUT2D eigenvalue weighted by molar-refractivity contribution is -0.120. The number of rotatable bonds is 0. The highest BCUT2D eigenvalue weighted by molar-refractivity contribution is 7.81. The van der Waals surface area contributed by atoms with Crippen molar-refractivity contribution in [2.75, 3.05) is 0 Å². The first-order chi connectivity index (χ1) is 4.20. The van der Waals surface area contributed by atoms with E-state index in [2.05, 4.69) is 12.6 Å². The van der Waals surface area contributed by atoms with Gasteiger partial charge >= 0.3 is 0 Å². The first kappa shape index (κ1) is 6.55. The first-order valence-corrected chi connectivity index (χ1v) is 3.14. The topological polar surface area (TPSA) is 34.1 Å². The van der Waals surface area contributed by atoms with Gasteiger partial charge in [0.25, 0.3) is 0 Å². The molecule has 1 atom stereocenters. The highest BCUT2D eigenvalue weighted by atomic mass is 32.1. The third-order valence-electron chi connectivity index (χ3n) is 1.16. The molecule has 0 aromatic carbocycles. The van der Waals surface area contributed by atoms with Crippen LogP contribution < -0.4 is 0 Å². The Morgan fingerprint density at radius 2 is 2.11 bits per heavy atom. The van der Waals surface area contributed by atoms with Crippen molar-refractivity contribution in [2.24, 2.45) is 0 Å². The predicted octanol–water partition coefficient (Wildman–Crippen LogP) is 0.383. The molecule has 1 rings (SSSR count). The normalized spacial score (nSPS) is 27.0. The minimum atomic E-state index is -0.400. The predicted molar refractivity (Wildman–Crippen MR) is 36.5 cm³/mol. The summed E-state index contributed by atoms with van der Waals surface area (Å²) in [6, 6.07) is 0. The molecule has 0 aliphatic heterocycles. The highest BCUT2D eigenvalue weighted by Crippen LogP contribution is 2.09. The van der Waals surface area contributed by atoms with E-state index in [-0.39, 0.29) is 18.0 Å². The standard InChI is InChI=1S/C6H6O2S/c7-4-1-2-5(8)6(9)3-4/h1-2,6,9H,3H2. The Balaban J connectivity index is 2.76. The third kappa shape index (κ3) is 1.42. The molecule has 0 aromatic heterocycles. The van der Waals surface area contributed by atoms with Crippen LogP contribution in [0, 0.1) is 0 Å². The average Bonchev–Trinajstić information content (AvgIpc) is 1.80. The van der Waals surface area contributed by atoms with E-state index in [1.807, 2.05) is 0 Å². The number of carbonyl (C=O) groups excluding carboxylic acids is 2. The summed E-state index contributed by atoms with van der Waals surface area (Å²) in [6.45, 7) is 0. The Morgan fingerprint density at radius 1 is 1.44 bits per heavy atom. The smallest absolute Gasteiger partial charge is 0.168 e. The van der Waals surface area contributed by atoms with Crippen LogP contribution in [0.3, 0.4) is 0 Å². The molecule has 1 aliphatic carbocycles. The van der Waals surface area contributed by atoms with E-state index < -0.39 is 5.25 Å². The van der Waals surface area contributed by atoms with Gasteiger partial charge in [0.15, 0.2) is 11.6 Å². The molecule has 9 heavy (non-hydrogen) atoms. The zero-order valence-corrected chi connectivity index (χ0v) is 5.60. The summed E-state index contributed by atoms with van der Waals surface area (Å²) in [5, 5.41) is -0.400. The first-order valence-electron chi connectivity index (χ1n) is 2.63. The van der Waals surface area contributed by atoms with Gasteiger partial charge in [-0.3, -0.25) is 9.59 Å². The van der Waals surface area contributed by atoms with Crippen molar-refractivity contribution in [3.8, 4) is 0 Å². The fraction of sp³-hybridized carbons (Fsp3) is 0.333. The molecule has 0 aromatic rings. The van der Waals surface area contributed by atoms with Gasteiger partial charge in [0.1, 0.15) is 0 Å². The molecule has 3 heteroatoms. The zero-order chi connectivity index (χ0) is 6.85. The van der Waals surface area contributed by atoms with Crippen molar-refractivity contribution in [1.29, 1.82) is 0 Å². The Labute approximate surface area is 58.3 Å². The van der Waals surface area contributed by atoms with Gasteiger partial charge < -0.3 is 0 Å². The van der Waals surface area contributed by atoms with Gasteiger partial charge in [0.05, 0.1) is 5.25 Å². The number of allylic oxidation sites excluding steroid dienone is 2. The van der Waals surface area contributed by atoms with E-state index in [0.29, 0.717) is 0 Å². The summed E-state index contributed by atoms with van der Waals surface area (Å²) in [6.07, 6.45) is 2.83. The van der Waals surface area contributed by atoms with E-state index in [1.54, 1.807) is 0 Å². The summed E-state index contributed by atoms with van der Waals surface area (Å²) >= 11 is 3.89. The van der Waals surface area contributed by atoms with Gasteiger partial charge in [-0.25, -0.2) is 0 Å². The van der Waals surface area contributed by atoms with Crippen molar-refractivity contribution < 1.29 is 9.59 Å². The molecule has 0 fully saturated rings. The maximum Gasteiger partial charge on any atom is 0.168 e. The van der Waals surface area contributed by atoms with Crippen LogP contribution in [0.5, 0.6) is 0 Å². The van der Waals surface area contributed by atoms with Crippen molar-refractivity contribution in [3.63, 3.8) is 0 Å². The Kier molecular flexibility index (Phi) is 1.71. The minimum Gasteiger partial charge on any atom is -0.295 e. The second-order valence-electron chi connectivity index (χ2n) is 1.92. The average molecular weight is 142 g/mol. The molecule has 1 unspecified atom stereocenters. The molecule has 1 aliphatic rings.